The van der Waals surface area contributed by atoms with Crippen LogP contribution in [0, 0.1) is 23.2 Å². The standard InChI is InChI=1S/C23H41NO/c1-6-8-13-23(5,7-2)21-9-11-22(12-10-21)25-15-14-24-17-19(3)16-20(4)18-24/h9,11-12,19-21H,6-8,10,13-18H2,1-5H3. The normalized spacial score (nSPS) is 30.0. The number of unbranched alkanes of at least 4 members (excludes halogenated alkanes) is 1. The fourth-order valence-corrected chi connectivity index (χ4v) is 4.70. The molecule has 4 atom stereocenters. The lowest BCUT2D eigenvalue weighted by Gasteiger charge is -2.37. The van der Waals surface area contributed by atoms with E-state index in [1.165, 1.54) is 45.2 Å². The van der Waals surface area contributed by atoms with Gasteiger partial charge in [-0.15, -0.1) is 0 Å². The predicted octanol–water partition coefficient (Wildman–Crippen LogP) is 6.05. The van der Waals surface area contributed by atoms with E-state index < -0.39 is 0 Å². The van der Waals surface area contributed by atoms with E-state index in [0.717, 1.165) is 37.2 Å². The quantitative estimate of drug-likeness (QED) is 0.503. The van der Waals surface area contributed by atoms with Gasteiger partial charge in [-0.2, -0.15) is 0 Å². The summed E-state index contributed by atoms with van der Waals surface area (Å²) in [5.74, 6) is 3.41. The highest BCUT2D eigenvalue weighted by Gasteiger charge is 2.30. The van der Waals surface area contributed by atoms with Gasteiger partial charge in [0.25, 0.3) is 0 Å². The van der Waals surface area contributed by atoms with Crippen LogP contribution in [0.25, 0.3) is 0 Å². The number of hydrogen-bond donors (Lipinski definition) is 0. The Hall–Kier alpha value is -0.760. The zero-order valence-corrected chi connectivity index (χ0v) is 17.4. The van der Waals surface area contributed by atoms with Crippen LogP contribution in [0.1, 0.15) is 73.1 Å². The van der Waals surface area contributed by atoms with Crippen molar-refractivity contribution < 1.29 is 4.74 Å². The number of piperidine rings is 1. The fourth-order valence-electron chi connectivity index (χ4n) is 4.70. The first-order valence-corrected chi connectivity index (χ1v) is 10.7. The number of allylic oxidation sites excluding steroid dienone is 3. The molecule has 1 saturated heterocycles. The van der Waals surface area contributed by atoms with E-state index in [-0.39, 0.29) is 0 Å². The van der Waals surface area contributed by atoms with Crippen LogP contribution in [-0.4, -0.2) is 31.1 Å². The summed E-state index contributed by atoms with van der Waals surface area (Å²) in [6, 6.07) is 0. The minimum Gasteiger partial charge on any atom is -0.493 e. The number of rotatable bonds is 9. The Bertz CT molecular complexity index is 445. The molecule has 1 aliphatic carbocycles. The molecule has 0 spiro atoms. The third kappa shape index (κ3) is 6.16. The van der Waals surface area contributed by atoms with Gasteiger partial charge in [0.15, 0.2) is 0 Å². The largest absolute Gasteiger partial charge is 0.493 e. The average molecular weight is 348 g/mol. The van der Waals surface area contributed by atoms with Crippen LogP contribution >= 0.6 is 0 Å². The maximum atomic E-state index is 6.06. The first-order valence-electron chi connectivity index (χ1n) is 10.7. The SMILES string of the molecule is CCCCC(C)(CC)C1C=CC(OCCN2CC(C)CC(C)C2)=CC1. The number of ether oxygens (including phenoxy) is 1. The van der Waals surface area contributed by atoms with Crippen LogP contribution in [0.5, 0.6) is 0 Å². The van der Waals surface area contributed by atoms with Crippen LogP contribution < -0.4 is 0 Å². The Morgan fingerprint density at radius 2 is 1.92 bits per heavy atom. The van der Waals surface area contributed by atoms with E-state index in [1.807, 2.05) is 0 Å². The lowest BCUT2D eigenvalue weighted by Crippen LogP contribution is -2.40. The summed E-state index contributed by atoms with van der Waals surface area (Å²) in [4.78, 5) is 2.58. The molecule has 0 N–H and O–H groups in total. The lowest BCUT2D eigenvalue weighted by atomic mass is 9.69. The van der Waals surface area contributed by atoms with Gasteiger partial charge in [-0.05, 0) is 54.6 Å². The Morgan fingerprint density at radius 3 is 2.48 bits per heavy atom. The molecule has 144 valence electrons. The molecule has 0 radical (unpaired) electrons. The number of likely N-dealkylation sites (tertiary alicyclic amines) is 1. The van der Waals surface area contributed by atoms with Gasteiger partial charge in [0.05, 0.1) is 0 Å². The van der Waals surface area contributed by atoms with E-state index >= 15 is 0 Å². The summed E-state index contributed by atoms with van der Waals surface area (Å²) >= 11 is 0. The molecular weight excluding hydrogens is 306 g/mol. The topological polar surface area (TPSA) is 12.5 Å². The zero-order chi connectivity index (χ0) is 18.3. The van der Waals surface area contributed by atoms with Crippen molar-refractivity contribution in [2.45, 2.75) is 73.1 Å². The second kappa shape index (κ2) is 9.80. The molecule has 0 bridgehead atoms. The summed E-state index contributed by atoms with van der Waals surface area (Å²) in [7, 11) is 0. The van der Waals surface area contributed by atoms with Crippen LogP contribution in [0.4, 0.5) is 0 Å². The van der Waals surface area contributed by atoms with Crippen LogP contribution in [-0.2, 0) is 4.74 Å². The molecule has 2 heteroatoms. The highest BCUT2D eigenvalue weighted by Crippen LogP contribution is 2.41. The van der Waals surface area contributed by atoms with Gasteiger partial charge in [0.2, 0.25) is 0 Å². The van der Waals surface area contributed by atoms with E-state index in [2.05, 4.69) is 57.7 Å². The molecule has 25 heavy (non-hydrogen) atoms. The second-order valence-electron chi connectivity index (χ2n) is 8.97. The maximum absolute atomic E-state index is 6.06. The molecule has 0 amide bonds. The van der Waals surface area contributed by atoms with Crippen molar-refractivity contribution in [3.8, 4) is 0 Å². The zero-order valence-electron chi connectivity index (χ0n) is 17.4. The summed E-state index contributed by atoms with van der Waals surface area (Å²) in [5, 5.41) is 0. The molecule has 0 aromatic heterocycles. The minimum atomic E-state index is 0.439. The molecule has 0 aromatic rings. The van der Waals surface area contributed by atoms with Gasteiger partial charge in [-0.1, -0.05) is 60.0 Å². The highest BCUT2D eigenvalue weighted by molar-refractivity contribution is 5.20. The third-order valence-electron chi connectivity index (χ3n) is 6.49. The molecule has 2 aliphatic rings. The first kappa shape index (κ1) is 20.6. The second-order valence-corrected chi connectivity index (χ2v) is 8.97. The molecule has 1 heterocycles. The summed E-state index contributed by atoms with van der Waals surface area (Å²) < 4.78 is 6.06. The molecule has 1 aliphatic heterocycles. The van der Waals surface area contributed by atoms with Gasteiger partial charge in [-0.3, -0.25) is 4.90 Å². The van der Waals surface area contributed by atoms with E-state index in [4.69, 9.17) is 4.74 Å². The molecular formula is C23H41NO. The summed E-state index contributed by atoms with van der Waals surface area (Å²) in [5.41, 5.74) is 0.439. The number of nitrogens with zero attached hydrogens (tertiary/aromatic N) is 1. The van der Waals surface area contributed by atoms with Crippen LogP contribution in [0.2, 0.25) is 0 Å². The lowest BCUT2D eigenvalue weighted by molar-refractivity contribution is 0.103. The van der Waals surface area contributed by atoms with Crippen molar-refractivity contribution in [2.75, 3.05) is 26.2 Å². The van der Waals surface area contributed by atoms with Crippen molar-refractivity contribution >= 4 is 0 Å². The molecule has 2 nitrogen and oxygen atoms in total. The monoisotopic (exact) mass is 347 g/mol. The Morgan fingerprint density at radius 1 is 1.20 bits per heavy atom. The summed E-state index contributed by atoms with van der Waals surface area (Å²) in [6.45, 7) is 16.2. The van der Waals surface area contributed by atoms with Crippen molar-refractivity contribution in [1.82, 2.24) is 4.90 Å². The van der Waals surface area contributed by atoms with Crippen molar-refractivity contribution in [3.63, 3.8) is 0 Å². The smallest absolute Gasteiger partial charge is 0.115 e. The maximum Gasteiger partial charge on any atom is 0.115 e. The fraction of sp³-hybridized carbons (Fsp3) is 0.826. The van der Waals surface area contributed by atoms with Gasteiger partial charge >= 0.3 is 0 Å². The van der Waals surface area contributed by atoms with Gasteiger partial charge in [-0.25, -0.2) is 0 Å². The predicted molar refractivity (Wildman–Crippen MR) is 109 cm³/mol. The van der Waals surface area contributed by atoms with E-state index in [9.17, 15) is 0 Å². The molecule has 1 fully saturated rings. The molecule has 0 saturated carbocycles. The van der Waals surface area contributed by atoms with Gasteiger partial charge in [0.1, 0.15) is 12.4 Å². The molecule has 0 aromatic carbocycles. The van der Waals surface area contributed by atoms with Crippen molar-refractivity contribution in [1.29, 1.82) is 0 Å². The summed E-state index contributed by atoms with van der Waals surface area (Å²) in [6.07, 6.45) is 14.7. The van der Waals surface area contributed by atoms with Gasteiger partial charge < -0.3 is 4.74 Å². The first-order chi connectivity index (χ1) is 12.0. The van der Waals surface area contributed by atoms with Crippen LogP contribution in [0.15, 0.2) is 24.0 Å². The van der Waals surface area contributed by atoms with Crippen LogP contribution in [0.3, 0.4) is 0 Å². The van der Waals surface area contributed by atoms with Gasteiger partial charge in [0, 0.05) is 19.6 Å². The minimum absolute atomic E-state index is 0.439. The Labute approximate surface area is 156 Å². The number of hydrogen-bond acceptors (Lipinski definition) is 2. The Balaban J connectivity index is 1.75. The van der Waals surface area contributed by atoms with Crippen molar-refractivity contribution in [3.05, 3.63) is 24.0 Å². The highest BCUT2D eigenvalue weighted by atomic mass is 16.5. The van der Waals surface area contributed by atoms with E-state index in [1.54, 1.807) is 0 Å². The molecule has 2 rings (SSSR count). The average Bonchev–Trinajstić information content (AvgIpc) is 2.59. The Kier molecular flexibility index (Phi) is 8.06. The molecule has 4 unspecified atom stereocenters. The van der Waals surface area contributed by atoms with Crippen molar-refractivity contribution in [2.24, 2.45) is 23.2 Å². The van der Waals surface area contributed by atoms with E-state index in [0.29, 0.717) is 11.3 Å². The third-order valence-corrected chi connectivity index (χ3v) is 6.49.